The Morgan fingerprint density at radius 1 is 1.33 bits per heavy atom. The van der Waals surface area contributed by atoms with Gasteiger partial charge in [0.05, 0.1) is 0 Å². The highest BCUT2D eigenvalue weighted by Crippen LogP contribution is 2.19. The van der Waals surface area contributed by atoms with Crippen LogP contribution in [0, 0.1) is 5.92 Å². The number of carbonyl (C=O) groups is 1. The van der Waals surface area contributed by atoms with E-state index >= 15 is 0 Å². The standard InChI is InChI=1S/C16H32N2O3/c1-12(8-9-19)11-17-13-6-5-7-14(10-13)18-15(20)21-16(2,3)4/h12-14,17,19H,5-11H2,1-4H3,(H,18,20). The summed E-state index contributed by atoms with van der Waals surface area (Å²) in [4.78, 5) is 11.8. The first kappa shape index (κ1) is 18.2. The summed E-state index contributed by atoms with van der Waals surface area (Å²) in [7, 11) is 0. The lowest BCUT2D eigenvalue weighted by Crippen LogP contribution is -2.46. The van der Waals surface area contributed by atoms with E-state index in [1.54, 1.807) is 0 Å². The molecule has 1 aliphatic carbocycles. The third-order valence-electron chi connectivity index (χ3n) is 3.77. The van der Waals surface area contributed by atoms with Crippen LogP contribution >= 0.6 is 0 Å². The first-order valence-corrected chi connectivity index (χ1v) is 8.14. The van der Waals surface area contributed by atoms with Gasteiger partial charge < -0.3 is 20.5 Å². The van der Waals surface area contributed by atoms with Crippen molar-refractivity contribution in [2.75, 3.05) is 13.2 Å². The molecule has 0 aromatic rings. The summed E-state index contributed by atoms with van der Waals surface area (Å²) < 4.78 is 5.31. The summed E-state index contributed by atoms with van der Waals surface area (Å²) in [5.41, 5.74) is -0.448. The lowest BCUT2D eigenvalue weighted by Gasteiger charge is -2.31. The van der Waals surface area contributed by atoms with Crippen LogP contribution in [-0.4, -0.2) is 42.0 Å². The van der Waals surface area contributed by atoms with E-state index in [2.05, 4.69) is 17.6 Å². The Morgan fingerprint density at radius 3 is 2.62 bits per heavy atom. The molecule has 1 fully saturated rings. The van der Waals surface area contributed by atoms with Gasteiger partial charge in [0.1, 0.15) is 5.60 Å². The van der Waals surface area contributed by atoms with Gasteiger partial charge in [0.2, 0.25) is 0 Å². The minimum Gasteiger partial charge on any atom is -0.444 e. The fourth-order valence-electron chi connectivity index (χ4n) is 2.67. The van der Waals surface area contributed by atoms with Crippen LogP contribution in [0.3, 0.4) is 0 Å². The molecule has 3 N–H and O–H groups in total. The molecule has 0 spiro atoms. The van der Waals surface area contributed by atoms with Gasteiger partial charge in [-0.25, -0.2) is 4.79 Å². The zero-order valence-electron chi connectivity index (χ0n) is 13.9. The van der Waals surface area contributed by atoms with Crippen molar-refractivity contribution < 1.29 is 14.6 Å². The third kappa shape index (κ3) is 8.27. The first-order valence-electron chi connectivity index (χ1n) is 8.14. The fraction of sp³-hybridized carbons (Fsp3) is 0.938. The van der Waals surface area contributed by atoms with Crippen molar-refractivity contribution >= 4 is 6.09 Å². The molecule has 1 rings (SSSR count). The number of rotatable bonds is 6. The second kappa shape index (κ2) is 8.59. The van der Waals surface area contributed by atoms with Gasteiger partial charge in [-0.05, 0) is 65.3 Å². The number of alkyl carbamates (subject to hydrolysis) is 1. The van der Waals surface area contributed by atoms with Crippen molar-refractivity contribution in [1.29, 1.82) is 0 Å². The number of ether oxygens (including phenoxy) is 1. The minimum atomic E-state index is -0.448. The average molecular weight is 300 g/mol. The molecule has 5 heteroatoms. The first-order chi connectivity index (χ1) is 9.80. The van der Waals surface area contributed by atoms with E-state index in [0.29, 0.717) is 12.0 Å². The van der Waals surface area contributed by atoms with Crippen LogP contribution in [0.2, 0.25) is 0 Å². The summed E-state index contributed by atoms with van der Waals surface area (Å²) in [6.45, 7) is 8.93. The number of hydrogen-bond donors (Lipinski definition) is 3. The van der Waals surface area contributed by atoms with Crippen LogP contribution in [-0.2, 0) is 4.74 Å². The molecular weight excluding hydrogens is 268 g/mol. The number of aliphatic hydroxyl groups excluding tert-OH is 1. The Labute approximate surface area is 128 Å². The lowest BCUT2D eigenvalue weighted by atomic mass is 9.90. The maximum Gasteiger partial charge on any atom is 0.407 e. The molecule has 0 aromatic carbocycles. The number of nitrogens with one attached hydrogen (secondary N) is 2. The highest BCUT2D eigenvalue weighted by atomic mass is 16.6. The summed E-state index contributed by atoms with van der Waals surface area (Å²) in [5, 5.41) is 15.4. The van der Waals surface area contributed by atoms with Gasteiger partial charge in [-0.2, -0.15) is 0 Å². The second-order valence-corrected chi connectivity index (χ2v) is 7.23. The molecular formula is C16H32N2O3. The molecule has 3 unspecified atom stereocenters. The highest BCUT2D eigenvalue weighted by molar-refractivity contribution is 5.68. The Morgan fingerprint density at radius 2 is 2.00 bits per heavy atom. The largest absolute Gasteiger partial charge is 0.444 e. The molecule has 1 aliphatic rings. The summed E-state index contributed by atoms with van der Waals surface area (Å²) in [5.74, 6) is 0.481. The van der Waals surface area contributed by atoms with E-state index in [4.69, 9.17) is 9.84 Å². The number of amides is 1. The molecule has 0 radical (unpaired) electrons. The molecule has 3 atom stereocenters. The van der Waals surface area contributed by atoms with E-state index in [9.17, 15) is 4.79 Å². The maximum absolute atomic E-state index is 11.8. The van der Waals surface area contributed by atoms with E-state index in [1.165, 1.54) is 0 Å². The molecule has 124 valence electrons. The van der Waals surface area contributed by atoms with Gasteiger partial charge >= 0.3 is 6.09 Å². The predicted octanol–water partition coefficient (Wildman–Crippen LogP) is 2.43. The normalized spacial score (nSPS) is 24.4. The number of carbonyl (C=O) groups excluding carboxylic acids is 1. The van der Waals surface area contributed by atoms with Crippen molar-refractivity contribution in [2.45, 2.75) is 77.5 Å². The minimum absolute atomic E-state index is 0.194. The van der Waals surface area contributed by atoms with E-state index in [0.717, 1.165) is 38.6 Å². The van der Waals surface area contributed by atoms with Gasteiger partial charge in [-0.3, -0.25) is 0 Å². The molecule has 0 saturated heterocycles. The molecule has 0 bridgehead atoms. The SMILES string of the molecule is CC(CCO)CNC1CCCC(NC(=O)OC(C)(C)C)C1. The molecule has 1 saturated carbocycles. The predicted molar refractivity (Wildman–Crippen MR) is 84.3 cm³/mol. The summed E-state index contributed by atoms with van der Waals surface area (Å²) in [6, 6.07) is 0.638. The quantitative estimate of drug-likeness (QED) is 0.704. The highest BCUT2D eigenvalue weighted by Gasteiger charge is 2.25. The van der Waals surface area contributed by atoms with Crippen LogP contribution in [0.25, 0.3) is 0 Å². The topological polar surface area (TPSA) is 70.6 Å². The van der Waals surface area contributed by atoms with Gasteiger partial charge in [0.15, 0.2) is 0 Å². The van der Waals surface area contributed by atoms with Crippen molar-refractivity contribution in [1.82, 2.24) is 10.6 Å². The zero-order valence-corrected chi connectivity index (χ0v) is 13.9. The van der Waals surface area contributed by atoms with Crippen molar-refractivity contribution in [3.8, 4) is 0 Å². The summed E-state index contributed by atoms with van der Waals surface area (Å²) >= 11 is 0. The average Bonchev–Trinajstić information content (AvgIpc) is 2.35. The molecule has 0 aromatic heterocycles. The Bertz CT molecular complexity index is 315. The molecule has 0 heterocycles. The Balaban J connectivity index is 2.30. The molecule has 0 aliphatic heterocycles. The van der Waals surface area contributed by atoms with Gasteiger partial charge in [0, 0.05) is 18.7 Å². The Kier molecular flexibility index (Phi) is 7.46. The van der Waals surface area contributed by atoms with Gasteiger partial charge in [-0.1, -0.05) is 6.92 Å². The van der Waals surface area contributed by atoms with E-state index < -0.39 is 5.60 Å². The van der Waals surface area contributed by atoms with Gasteiger partial charge in [0.25, 0.3) is 0 Å². The Hall–Kier alpha value is -0.810. The van der Waals surface area contributed by atoms with Crippen molar-refractivity contribution in [2.24, 2.45) is 5.92 Å². The summed E-state index contributed by atoms with van der Waals surface area (Å²) in [6.07, 6.45) is 4.75. The molecule has 1 amide bonds. The second-order valence-electron chi connectivity index (χ2n) is 7.23. The van der Waals surface area contributed by atoms with E-state index in [-0.39, 0.29) is 18.7 Å². The smallest absolute Gasteiger partial charge is 0.407 e. The number of aliphatic hydroxyl groups is 1. The number of hydrogen-bond acceptors (Lipinski definition) is 4. The zero-order chi connectivity index (χ0) is 15.9. The van der Waals surface area contributed by atoms with Crippen LogP contribution in [0.4, 0.5) is 4.79 Å². The van der Waals surface area contributed by atoms with Crippen LogP contribution in [0.15, 0.2) is 0 Å². The van der Waals surface area contributed by atoms with Crippen LogP contribution < -0.4 is 10.6 Å². The maximum atomic E-state index is 11.8. The van der Waals surface area contributed by atoms with Crippen LogP contribution in [0.5, 0.6) is 0 Å². The lowest BCUT2D eigenvalue weighted by molar-refractivity contribution is 0.0488. The third-order valence-corrected chi connectivity index (χ3v) is 3.77. The van der Waals surface area contributed by atoms with Crippen LogP contribution in [0.1, 0.15) is 59.8 Å². The van der Waals surface area contributed by atoms with Gasteiger partial charge in [-0.15, -0.1) is 0 Å². The molecule has 5 nitrogen and oxygen atoms in total. The molecule has 21 heavy (non-hydrogen) atoms. The van der Waals surface area contributed by atoms with E-state index in [1.807, 2.05) is 20.8 Å². The van der Waals surface area contributed by atoms with Crippen molar-refractivity contribution in [3.05, 3.63) is 0 Å². The van der Waals surface area contributed by atoms with Crippen molar-refractivity contribution in [3.63, 3.8) is 0 Å². The fourth-order valence-corrected chi connectivity index (χ4v) is 2.67. The monoisotopic (exact) mass is 300 g/mol.